The van der Waals surface area contributed by atoms with E-state index in [2.05, 4.69) is 17.4 Å². The molecule has 0 bridgehead atoms. The Kier molecular flexibility index (Phi) is 4.13. The molecule has 0 aliphatic carbocycles. The van der Waals surface area contributed by atoms with E-state index in [0.717, 1.165) is 24.6 Å². The Morgan fingerprint density at radius 3 is 2.47 bits per heavy atom. The fraction of sp³-hybridized carbons (Fsp3) is 0.538. The number of hydrogen-bond donors (Lipinski definition) is 1. The molecule has 1 saturated heterocycles. The number of piperidine rings is 1. The van der Waals surface area contributed by atoms with Crippen molar-refractivity contribution in [1.29, 1.82) is 0 Å². The molecule has 3 nitrogen and oxygen atoms in total. The van der Waals surface area contributed by atoms with Crippen LogP contribution >= 0.6 is 12.4 Å². The Morgan fingerprint density at radius 1 is 1.00 bits per heavy atom. The van der Waals surface area contributed by atoms with Gasteiger partial charge in [0.1, 0.15) is 13.2 Å². The summed E-state index contributed by atoms with van der Waals surface area (Å²) in [7, 11) is 0. The van der Waals surface area contributed by atoms with Crippen LogP contribution in [0.25, 0.3) is 0 Å². The van der Waals surface area contributed by atoms with E-state index in [9.17, 15) is 0 Å². The van der Waals surface area contributed by atoms with Gasteiger partial charge in [0.05, 0.1) is 0 Å². The predicted octanol–water partition coefficient (Wildman–Crippen LogP) is 2.35. The van der Waals surface area contributed by atoms with E-state index in [0.29, 0.717) is 19.1 Å². The first kappa shape index (κ1) is 12.5. The van der Waals surface area contributed by atoms with Crippen LogP contribution in [0.4, 0.5) is 0 Å². The molecule has 4 heteroatoms. The Morgan fingerprint density at radius 2 is 1.71 bits per heavy atom. The smallest absolute Gasteiger partial charge is 0.161 e. The maximum absolute atomic E-state index is 5.61. The van der Waals surface area contributed by atoms with Crippen LogP contribution in [-0.4, -0.2) is 26.3 Å². The SMILES string of the molecule is Cl.c1cc2c(cc1C1CCNCC1)OCCO2. The van der Waals surface area contributed by atoms with Crippen molar-refractivity contribution < 1.29 is 9.47 Å². The molecule has 0 atom stereocenters. The van der Waals surface area contributed by atoms with Gasteiger partial charge in [-0.25, -0.2) is 0 Å². The summed E-state index contributed by atoms with van der Waals surface area (Å²) in [4.78, 5) is 0. The first-order chi connectivity index (χ1) is 7.93. The zero-order chi connectivity index (χ0) is 10.8. The van der Waals surface area contributed by atoms with Crippen molar-refractivity contribution >= 4 is 12.4 Å². The van der Waals surface area contributed by atoms with E-state index in [1.807, 2.05) is 6.07 Å². The number of benzene rings is 1. The van der Waals surface area contributed by atoms with E-state index >= 15 is 0 Å². The zero-order valence-electron chi connectivity index (χ0n) is 9.78. The van der Waals surface area contributed by atoms with Gasteiger partial charge in [-0.1, -0.05) is 6.07 Å². The van der Waals surface area contributed by atoms with Crippen molar-refractivity contribution in [2.75, 3.05) is 26.3 Å². The van der Waals surface area contributed by atoms with Crippen molar-refractivity contribution in [2.24, 2.45) is 0 Å². The first-order valence-electron chi connectivity index (χ1n) is 6.04. The standard InChI is InChI=1S/C13H17NO2.ClH/c1-2-12-13(16-8-7-15-12)9-11(1)10-3-5-14-6-4-10;/h1-2,9-10,14H,3-8H2;1H. The lowest BCUT2D eigenvalue weighted by atomic mass is 9.90. The second-order valence-corrected chi connectivity index (χ2v) is 4.43. The lowest BCUT2D eigenvalue weighted by Crippen LogP contribution is -2.26. The molecular weight excluding hydrogens is 238 g/mol. The van der Waals surface area contributed by atoms with Gasteiger partial charge in [0.15, 0.2) is 11.5 Å². The Hall–Kier alpha value is -0.930. The largest absolute Gasteiger partial charge is 0.486 e. The van der Waals surface area contributed by atoms with Crippen molar-refractivity contribution in [3.63, 3.8) is 0 Å². The normalized spacial score (nSPS) is 19.5. The van der Waals surface area contributed by atoms with E-state index < -0.39 is 0 Å². The van der Waals surface area contributed by atoms with Crippen LogP contribution in [0.3, 0.4) is 0 Å². The molecule has 0 amide bonds. The van der Waals surface area contributed by atoms with Gasteiger partial charge in [-0.05, 0) is 49.5 Å². The van der Waals surface area contributed by atoms with Crippen molar-refractivity contribution in [3.05, 3.63) is 23.8 Å². The first-order valence-corrected chi connectivity index (χ1v) is 6.04. The molecule has 0 radical (unpaired) electrons. The van der Waals surface area contributed by atoms with E-state index in [1.165, 1.54) is 18.4 Å². The Bertz CT molecular complexity index is 378. The highest BCUT2D eigenvalue weighted by atomic mass is 35.5. The molecule has 0 aromatic heterocycles. The number of nitrogens with one attached hydrogen (secondary N) is 1. The highest BCUT2D eigenvalue weighted by molar-refractivity contribution is 5.85. The number of fused-ring (bicyclic) bond motifs is 1. The fourth-order valence-corrected chi connectivity index (χ4v) is 2.47. The summed E-state index contributed by atoms with van der Waals surface area (Å²) >= 11 is 0. The summed E-state index contributed by atoms with van der Waals surface area (Å²) in [5, 5.41) is 3.39. The lowest BCUT2D eigenvalue weighted by molar-refractivity contribution is 0.171. The molecular formula is C13H18ClNO2. The average Bonchev–Trinajstić information content (AvgIpc) is 2.39. The van der Waals surface area contributed by atoms with Crippen LogP contribution in [0.1, 0.15) is 24.3 Å². The number of hydrogen-bond acceptors (Lipinski definition) is 3. The third-order valence-corrected chi connectivity index (χ3v) is 3.38. The third kappa shape index (κ3) is 2.67. The van der Waals surface area contributed by atoms with Crippen LogP contribution in [0.2, 0.25) is 0 Å². The lowest BCUT2D eigenvalue weighted by Gasteiger charge is -2.25. The van der Waals surface area contributed by atoms with E-state index in [4.69, 9.17) is 9.47 Å². The molecule has 2 heterocycles. The highest BCUT2D eigenvalue weighted by Crippen LogP contribution is 2.35. The molecule has 1 aromatic rings. The molecule has 1 fully saturated rings. The van der Waals surface area contributed by atoms with Crippen molar-refractivity contribution in [1.82, 2.24) is 5.32 Å². The van der Waals surface area contributed by atoms with Crippen LogP contribution in [0, 0.1) is 0 Å². The van der Waals surface area contributed by atoms with Crippen LogP contribution < -0.4 is 14.8 Å². The highest BCUT2D eigenvalue weighted by Gasteiger charge is 2.18. The van der Waals surface area contributed by atoms with E-state index in [-0.39, 0.29) is 12.4 Å². The maximum atomic E-state index is 5.61. The van der Waals surface area contributed by atoms with Gasteiger partial charge in [-0.3, -0.25) is 0 Å². The van der Waals surface area contributed by atoms with Gasteiger partial charge in [0, 0.05) is 0 Å². The van der Waals surface area contributed by atoms with Gasteiger partial charge < -0.3 is 14.8 Å². The number of ether oxygens (including phenoxy) is 2. The molecule has 2 aliphatic heterocycles. The summed E-state index contributed by atoms with van der Waals surface area (Å²) in [5.41, 5.74) is 1.39. The van der Waals surface area contributed by atoms with Crippen molar-refractivity contribution in [2.45, 2.75) is 18.8 Å². The second kappa shape index (κ2) is 5.61. The van der Waals surface area contributed by atoms with Crippen LogP contribution in [0.15, 0.2) is 18.2 Å². The average molecular weight is 256 g/mol. The molecule has 1 aromatic carbocycles. The summed E-state index contributed by atoms with van der Waals surface area (Å²) in [5.74, 6) is 2.49. The zero-order valence-corrected chi connectivity index (χ0v) is 10.6. The molecule has 17 heavy (non-hydrogen) atoms. The van der Waals surface area contributed by atoms with Crippen LogP contribution in [0.5, 0.6) is 11.5 Å². The molecule has 94 valence electrons. The van der Waals surface area contributed by atoms with Gasteiger partial charge in [0.25, 0.3) is 0 Å². The topological polar surface area (TPSA) is 30.5 Å². The van der Waals surface area contributed by atoms with Crippen molar-refractivity contribution in [3.8, 4) is 11.5 Å². The quantitative estimate of drug-likeness (QED) is 0.836. The van der Waals surface area contributed by atoms with Gasteiger partial charge in [-0.2, -0.15) is 0 Å². The molecule has 0 unspecified atom stereocenters. The molecule has 0 spiro atoms. The van der Waals surface area contributed by atoms with Gasteiger partial charge >= 0.3 is 0 Å². The Labute approximate surface area is 108 Å². The minimum atomic E-state index is 0. The maximum Gasteiger partial charge on any atom is 0.161 e. The Balaban J connectivity index is 0.00000108. The minimum absolute atomic E-state index is 0. The monoisotopic (exact) mass is 255 g/mol. The summed E-state index contributed by atoms with van der Waals surface area (Å²) in [6.07, 6.45) is 2.44. The minimum Gasteiger partial charge on any atom is -0.486 e. The number of halogens is 1. The summed E-state index contributed by atoms with van der Waals surface area (Å²) in [6, 6.07) is 6.39. The number of rotatable bonds is 1. The molecule has 1 N–H and O–H groups in total. The fourth-order valence-electron chi connectivity index (χ4n) is 2.47. The summed E-state index contributed by atoms with van der Waals surface area (Å²) in [6.45, 7) is 3.58. The van der Waals surface area contributed by atoms with Crippen LogP contribution in [-0.2, 0) is 0 Å². The molecule has 0 saturated carbocycles. The second-order valence-electron chi connectivity index (χ2n) is 4.43. The van der Waals surface area contributed by atoms with E-state index in [1.54, 1.807) is 0 Å². The third-order valence-electron chi connectivity index (χ3n) is 3.38. The van der Waals surface area contributed by atoms with Gasteiger partial charge in [-0.15, -0.1) is 12.4 Å². The predicted molar refractivity (Wildman–Crippen MR) is 69.5 cm³/mol. The van der Waals surface area contributed by atoms with Gasteiger partial charge in [0.2, 0.25) is 0 Å². The molecule has 3 rings (SSSR count). The summed E-state index contributed by atoms with van der Waals surface area (Å²) < 4.78 is 11.1. The molecule has 2 aliphatic rings.